The third-order valence-electron chi connectivity index (χ3n) is 7.11. The molecule has 2 heterocycles. The monoisotopic (exact) mass is 636 g/mol. The Morgan fingerprint density at radius 3 is 2.45 bits per heavy atom. The minimum atomic E-state index is -0.443. The number of piperidine rings is 1. The fourth-order valence-corrected chi connectivity index (χ4v) is 6.30. The molecular formula is C33H34ClFN4O4S. The molecule has 2 aliphatic heterocycles. The van der Waals surface area contributed by atoms with Crippen molar-refractivity contribution in [1.82, 2.24) is 4.90 Å². The van der Waals surface area contributed by atoms with E-state index in [1.807, 2.05) is 26.0 Å². The molecule has 3 aromatic rings. The van der Waals surface area contributed by atoms with Crippen LogP contribution in [0, 0.1) is 5.82 Å². The molecule has 0 aliphatic carbocycles. The van der Waals surface area contributed by atoms with Crippen LogP contribution in [0.15, 0.2) is 70.6 Å². The summed E-state index contributed by atoms with van der Waals surface area (Å²) in [7, 11) is 0. The SMILES string of the molecule is CCOc1cc(/C=C2\SC(=Nc3ccc(N4CCCCC4)cc3)N(CC)C2=O)cc(Cl)c1OCC(=O)Nc1ccc(F)cc1. The summed E-state index contributed by atoms with van der Waals surface area (Å²) in [5.41, 5.74) is 3.06. The van der Waals surface area contributed by atoms with Crippen LogP contribution in [0.1, 0.15) is 38.7 Å². The summed E-state index contributed by atoms with van der Waals surface area (Å²) in [5, 5.41) is 3.48. The number of likely N-dealkylation sites (N-methyl/N-ethyl adjacent to an activating group) is 1. The number of benzene rings is 3. The summed E-state index contributed by atoms with van der Waals surface area (Å²) in [4.78, 5) is 35.1. The van der Waals surface area contributed by atoms with E-state index in [1.54, 1.807) is 23.1 Å². The Morgan fingerprint density at radius 2 is 1.77 bits per heavy atom. The number of hydrogen-bond donors (Lipinski definition) is 1. The molecule has 0 unspecified atom stereocenters. The van der Waals surface area contributed by atoms with Crippen LogP contribution in [-0.4, -0.2) is 54.7 Å². The van der Waals surface area contributed by atoms with E-state index in [0.717, 1.165) is 18.8 Å². The quantitative estimate of drug-likeness (QED) is 0.232. The Kier molecular flexibility index (Phi) is 10.4. The van der Waals surface area contributed by atoms with Crippen LogP contribution in [0.3, 0.4) is 0 Å². The smallest absolute Gasteiger partial charge is 0.266 e. The Hall–Kier alpha value is -4.02. The molecule has 0 aromatic heterocycles. The van der Waals surface area contributed by atoms with E-state index in [0.29, 0.717) is 40.2 Å². The van der Waals surface area contributed by atoms with Crippen LogP contribution >= 0.6 is 23.4 Å². The van der Waals surface area contributed by atoms with Gasteiger partial charge in [0.2, 0.25) is 0 Å². The molecular weight excluding hydrogens is 603 g/mol. The average molecular weight is 637 g/mol. The number of carbonyl (C=O) groups excluding carboxylic acids is 2. The van der Waals surface area contributed by atoms with Crippen molar-refractivity contribution in [1.29, 1.82) is 0 Å². The van der Waals surface area contributed by atoms with Crippen LogP contribution in [0.4, 0.5) is 21.5 Å². The number of anilines is 2. The number of amidine groups is 1. The van der Waals surface area contributed by atoms with Crippen molar-refractivity contribution in [2.24, 2.45) is 4.99 Å². The standard InChI is InChI=1S/C33H34ClFN4O4S/c1-3-39-32(41)29(44-33(39)37-25-12-14-26(15-13-25)38-16-6-5-7-17-38)20-22-18-27(34)31(28(19-22)42-4-2)43-21-30(40)36-24-10-8-23(35)9-11-24/h8-15,18-20H,3-7,16-17,21H2,1-2H3,(H,36,40)/b29-20-,37-33?. The zero-order valence-corrected chi connectivity index (χ0v) is 26.2. The fourth-order valence-electron chi connectivity index (χ4n) is 4.96. The largest absolute Gasteiger partial charge is 0.490 e. The van der Waals surface area contributed by atoms with Crippen molar-refractivity contribution in [3.05, 3.63) is 82.0 Å². The lowest BCUT2D eigenvalue weighted by molar-refractivity contribution is -0.122. The molecule has 230 valence electrons. The summed E-state index contributed by atoms with van der Waals surface area (Å²) < 4.78 is 24.6. The summed E-state index contributed by atoms with van der Waals surface area (Å²) in [6, 6.07) is 17.0. The molecule has 8 nitrogen and oxygen atoms in total. The van der Waals surface area contributed by atoms with Gasteiger partial charge in [-0.2, -0.15) is 0 Å². The fraction of sp³-hybridized carbons (Fsp3) is 0.303. The van der Waals surface area contributed by atoms with E-state index >= 15 is 0 Å². The second kappa shape index (κ2) is 14.6. The number of amides is 2. The lowest BCUT2D eigenvalue weighted by Gasteiger charge is -2.28. The molecule has 2 amide bonds. The predicted molar refractivity (Wildman–Crippen MR) is 176 cm³/mol. The van der Waals surface area contributed by atoms with Gasteiger partial charge in [-0.15, -0.1) is 0 Å². The minimum absolute atomic E-state index is 0.145. The first-order valence-electron chi connectivity index (χ1n) is 14.6. The molecule has 0 spiro atoms. The summed E-state index contributed by atoms with van der Waals surface area (Å²) in [5.74, 6) is -0.438. The maximum Gasteiger partial charge on any atom is 0.266 e. The molecule has 0 radical (unpaired) electrons. The molecule has 2 saturated heterocycles. The molecule has 0 saturated carbocycles. The van der Waals surface area contributed by atoms with Gasteiger partial charge in [0.05, 0.1) is 22.2 Å². The molecule has 2 fully saturated rings. The van der Waals surface area contributed by atoms with Crippen LogP contribution in [0.5, 0.6) is 11.5 Å². The van der Waals surface area contributed by atoms with Gasteiger partial charge in [-0.25, -0.2) is 9.38 Å². The molecule has 44 heavy (non-hydrogen) atoms. The van der Waals surface area contributed by atoms with Gasteiger partial charge < -0.3 is 19.7 Å². The van der Waals surface area contributed by atoms with Gasteiger partial charge in [0.25, 0.3) is 11.8 Å². The highest BCUT2D eigenvalue weighted by Crippen LogP contribution is 2.40. The molecule has 1 N–H and O–H groups in total. The summed E-state index contributed by atoms with van der Waals surface area (Å²) >= 11 is 7.88. The zero-order valence-electron chi connectivity index (χ0n) is 24.6. The Labute approximate surface area is 265 Å². The van der Waals surface area contributed by atoms with E-state index in [9.17, 15) is 14.0 Å². The van der Waals surface area contributed by atoms with E-state index in [1.165, 1.54) is 61.0 Å². The second-order valence-electron chi connectivity index (χ2n) is 10.2. The van der Waals surface area contributed by atoms with Crippen molar-refractivity contribution in [2.75, 3.05) is 43.1 Å². The number of thioether (sulfide) groups is 1. The van der Waals surface area contributed by atoms with E-state index in [-0.39, 0.29) is 23.3 Å². The number of halogens is 2. The first-order valence-corrected chi connectivity index (χ1v) is 15.8. The minimum Gasteiger partial charge on any atom is -0.490 e. The van der Waals surface area contributed by atoms with Crippen molar-refractivity contribution in [3.63, 3.8) is 0 Å². The van der Waals surface area contributed by atoms with Crippen molar-refractivity contribution >= 4 is 63.5 Å². The molecule has 0 bridgehead atoms. The van der Waals surface area contributed by atoms with E-state index < -0.39 is 11.7 Å². The summed E-state index contributed by atoms with van der Waals surface area (Å²) in [6.07, 6.45) is 5.46. The molecule has 5 rings (SSSR count). The van der Waals surface area contributed by atoms with Crippen LogP contribution in [0.25, 0.3) is 6.08 Å². The Morgan fingerprint density at radius 1 is 1.05 bits per heavy atom. The van der Waals surface area contributed by atoms with Crippen molar-refractivity contribution in [3.8, 4) is 11.5 Å². The van der Waals surface area contributed by atoms with E-state index in [2.05, 4.69) is 22.3 Å². The third-order valence-corrected chi connectivity index (χ3v) is 8.39. The van der Waals surface area contributed by atoms with Crippen molar-refractivity contribution in [2.45, 2.75) is 33.1 Å². The Bertz CT molecular complexity index is 1560. The van der Waals surface area contributed by atoms with Gasteiger partial charge in [0.15, 0.2) is 23.3 Å². The number of hydrogen-bond acceptors (Lipinski definition) is 7. The molecule has 2 aliphatic rings. The van der Waals surface area contributed by atoms with Gasteiger partial charge in [-0.3, -0.25) is 14.5 Å². The van der Waals surface area contributed by atoms with Crippen LogP contribution in [-0.2, 0) is 9.59 Å². The molecule has 3 aromatic carbocycles. The maximum absolute atomic E-state index is 13.3. The van der Waals surface area contributed by atoms with Gasteiger partial charge in [0, 0.05) is 31.0 Å². The first-order chi connectivity index (χ1) is 21.3. The highest BCUT2D eigenvalue weighted by Gasteiger charge is 2.32. The lowest BCUT2D eigenvalue weighted by atomic mass is 10.1. The molecule has 0 atom stereocenters. The van der Waals surface area contributed by atoms with E-state index in [4.69, 9.17) is 26.1 Å². The highest BCUT2D eigenvalue weighted by atomic mass is 35.5. The lowest BCUT2D eigenvalue weighted by Crippen LogP contribution is -2.29. The topological polar surface area (TPSA) is 83.5 Å². The summed E-state index contributed by atoms with van der Waals surface area (Å²) in [6.45, 7) is 6.36. The van der Waals surface area contributed by atoms with Gasteiger partial charge in [-0.1, -0.05) is 11.6 Å². The van der Waals surface area contributed by atoms with Gasteiger partial charge in [-0.05, 0) is 117 Å². The molecule has 11 heteroatoms. The predicted octanol–water partition coefficient (Wildman–Crippen LogP) is 7.51. The number of nitrogens with zero attached hydrogens (tertiary/aromatic N) is 3. The zero-order chi connectivity index (χ0) is 31.1. The van der Waals surface area contributed by atoms with Gasteiger partial charge in [0.1, 0.15) is 5.82 Å². The first kappa shape index (κ1) is 31.4. The number of rotatable bonds is 10. The number of carbonyl (C=O) groups is 2. The number of ether oxygens (including phenoxy) is 2. The third kappa shape index (κ3) is 7.73. The second-order valence-corrected chi connectivity index (χ2v) is 11.6. The number of nitrogens with one attached hydrogen (secondary N) is 1. The van der Waals surface area contributed by atoms with Gasteiger partial charge >= 0.3 is 0 Å². The number of aliphatic imine (C=N–C) groups is 1. The Balaban J connectivity index is 1.31. The van der Waals surface area contributed by atoms with Crippen LogP contribution < -0.4 is 19.7 Å². The van der Waals surface area contributed by atoms with Crippen LogP contribution in [0.2, 0.25) is 5.02 Å². The maximum atomic E-state index is 13.3. The normalized spacial score (nSPS) is 17.0. The average Bonchev–Trinajstić information content (AvgIpc) is 3.31. The van der Waals surface area contributed by atoms with Crippen molar-refractivity contribution < 1.29 is 23.5 Å². The highest BCUT2D eigenvalue weighted by molar-refractivity contribution is 8.18.